The minimum atomic E-state index is -0.391. The molecule has 166 valence electrons. The zero-order valence-corrected chi connectivity index (χ0v) is 18.2. The van der Waals surface area contributed by atoms with E-state index in [4.69, 9.17) is 10.5 Å². The molecule has 3 N–H and O–H groups in total. The Balaban J connectivity index is 1.14. The van der Waals surface area contributed by atoms with Crippen molar-refractivity contribution < 1.29 is 14.3 Å². The molecule has 0 saturated heterocycles. The number of nitrogens with two attached hydrogens (primary N) is 1. The fourth-order valence-corrected chi connectivity index (χ4v) is 6.63. The van der Waals surface area contributed by atoms with Crippen LogP contribution in [0.25, 0.3) is 5.78 Å². The van der Waals surface area contributed by atoms with E-state index in [-0.39, 0.29) is 30.4 Å². The van der Waals surface area contributed by atoms with Crippen molar-refractivity contribution in [1.29, 1.82) is 0 Å². The lowest BCUT2D eigenvalue weighted by atomic mass is 9.53. The number of nitrogens with zero attached hydrogens (tertiary/aromatic N) is 4. The first-order valence-corrected chi connectivity index (χ1v) is 11.3. The van der Waals surface area contributed by atoms with E-state index in [2.05, 4.69) is 20.4 Å². The molecule has 9 nitrogen and oxygen atoms in total. The number of anilines is 1. The maximum atomic E-state index is 12.5. The van der Waals surface area contributed by atoms with Gasteiger partial charge >= 0.3 is 5.97 Å². The van der Waals surface area contributed by atoms with Gasteiger partial charge < -0.3 is 15.8 Å². The van der Waals surface area contributed by atoms with Gasteiger partial charge in [0.1, 0.15) is 0 Å². The molecule has 4 aliphatic carbocycles. The number of aryl methyl sites for hydroxylation is 2. The van der Waals surface area contributed by atoms with Crippen molar-refractivity contribution in [2.45, 2.75) is 70.8 Å². The van der Waals surface area contributed by atoms with E-state index in [1.54, 1.807) is 4.52 Å². The minimum absolute atomic E-state index is 0.0623. The zero-order valence-electron chi connectivity index (χ0n) is 18.2. The standard InChI is InChI=1S/C22H30N6O3/c1-12-17(13(2)28-21(24-12)25-20(23)27-28)3-4-19(30)31-11-18(29)26-22-8-14-5-15(9-22)7-16(6-14)10-22/h14-16H,3-11H2,1-2H3,(H2,23,27)(H,26,29). The summed E-state index contributed by atoms with van der Waals surface area (Å²) in [6.45, 7) is 3.56. The van der Waals surface area contributed by atoms with Gasteiger partial charge in [-0.15, -0.1) is 5.10 Å². The molecular weight excluding hydrogens is 396 g/mol. The molecule has 0 spiro atoms. The third-order valence-electron chi connectivity index (χ3n) is 7.45. The van der Waals surface area contributed by atoms with E-state index < -0.39 is 5.97 Å². The second-order valence-corrected chi connectivity index (χ2v) is 9.85. The molecule has 4 aliphatic rings. The van der Waals surface area contributed by atoms with Gasteiger partial charge in [-0.25, -0.2) is 4.98 Å². The van der Waals surface area contributed by atoms with Crippen LogP contribution in [0.2, 0.25) is 0 Å². The third-order valence-corrected chi connectivity index (χ3v) is 7.45. The molecule has 2 heterocycles. The second-order valence-electron chi connectivity index (χ2n) is 9.85. The molecule has 9 heteroatoms. The van der Waals surface area contributed by atoms with Crippen molar-refractivity contribution in [3.05, 3.63) is 17.0 Å². The van der Waals surface area contributed by atoms with Gasteiger partial charge in [0.05, 0.1) is 0 Å². The number of nitrogens with one attached hydrogen (secondary N) is 1. The maximum Gasteiger partial charge on any atom is 0.306 e. The van der Waals surface area contributed by atoms with Crippen molar-refractivity contribution in [3.8, 4) is 0 Å². The molecule has 31 heavy (non-hydrogen) atoms. The van der Waals surface area contributed by atoms with Gasteiger partial charge in [0.2, 0.25) is 5.95 Å². The van der Waals surface area contributed by atoms with Crippen LogP contribution in [0, 0.1) is 31.6 Å². The fourth-order valence-electron chi connectivity index (χ4n) is 6.63. The zero-order chi connectivity index (χ0) is 21.8. The first-order valence-electron chi connectivity index (χ1n) is 11.3. The van der Waals surface area contributed by atoms with Gasteiger partial charge in [-0.2, -0.15) is 9.50 Å². The topological polar surface area (TPSA) is 124 Å². The normalized spacial score (nSPS) is 28.8. The Hall–Kier alpha value is -2.71. The number of carbonyl (C=O) groups is 2. The molecule has 0 atom stereocenters. The maximum absolute atomic E-state index is 12.5. The first-order chi connectivity index (χ1) is 14.8. The van der Waals surface area contributed by atoms with E-state index in [0.29, 0.717) is 12.2 Å². The average Bonchev–Trinajstić information content (AvgIpc) is 3.05. The number of hydrogen-bond donors (Lipinski definition) is 2. The highest BCUT2D eigenvalue weighted by Gasteiger charge is 2.51. The molecular formula is C22H30N6O3. The molecule has 4 bridgehead atoms. The summed E-state index contributed by atoms with van der Waals surface area (Å²) in [6.07, 6.45) is 7.85. The highest BCUT2D eigenvalue weighted by atomic mass is 16.5. The summed E-state index contributed by atoms with van der Waals surface area (Å²) in [5.74, 6) is 2.31. The Labute approximate surface area is 181 Å². The van der Waals surface area contributed by atoms with Gasteiger partial charge in [-0.1, -0.05) is 0 Å². The van der Waals surface area contributed by atoms with Crippen LogP contribution in [0.4, 0.5) is 5.95 Å². The summed E-state index contributed by atoms with van der Waals surface area (Å²) < 4.78 is 6.87. The molecule has 1 amide bonds. The molecule has 6 rings (SSSR count). The highest BCUT2D eigenvalue weighted by Crippen LogP contribution is 2.55. The Bertz CT molecular complexity index is 1010. The van der Waals surface area contributed by atoms with Crippen LogP contribution in [0.1, 0.15) is 61.9 Å². The summed E-state index contributed by atoms with van der Waals surface area (Å²) in [4.78, 5) is 33.3. The lowest BCUT2D eigenvalue weighted by molar-refractivity contribution is -0.150. The Morgan fingerprint density at radius 1 is 1.13 bits per heavy atom. The van der Waals surface area contributed by atoms with Gasteiger partial charge in [-0.3, -0.25) is 9.59 Å². The number of rotatable bonds is 6. The van der Waals surface area contributed by atoms with Gasteiger partial charge in [0.15, 0.2) is 6.61 Å². The van der Waals surface area contributed by atoms with Crippen LogP contribution in [0.15, 0.2) is 0 Å². The number of fused-ring (bicyclic) bond motifs is 1. The van der Waals surface area contributed by atoms with Gasteiger partial charge in [0.25, 0.3) is 11.7 Å². The van der Waals surface area contributed by atoms with Crippen LogP contribution in [-0.4, -0.2) is 43.6 Å². The average molecular weight is 427 g/mol. The summed E-state index contributed by atoms with van der Waals surface area (Å²) >= 11 is 0. The lowest BCUT2D eigenvalue weighted by Gasteiger charge is -2.56. The van der Waals surface area contributed by atoms with Crippen LogP contribution in [0.5, 0.6) is 0 Å². The van der Waals surface area contributed by atoms with E-state index in [1.165, 1.54) is 19.3 Å². The molecule has 0 unspecified atom stereocenters. The van der Waals surface area contributed by atoms with Crippen molar-refractivity contribution in [3.63, 3.8) is 0 Å². The highest BCUT2D eigenvalue weighted by molar-refractivity contribution is 5.81. The molecule has 2 aromatic heterocycles. The van der Waals surface area contributed by atoms with E-state index >= 15 is 0 Å². The van der Waals surface area contributed by atoms with Crippen molar-refractivity contribution in [1.82, 2.24) is 24.9 Å². The molecule has 4 fully saturated rings. The number of nitrogen functional groups attached to an aromatic ring is 1. The Morgan fingerprint density at radius 3 is 2.42 bits per heavy atom. The quantitative estimate of drug-likeness (QED) is 0.676. The van der Waals surface area contributed by atoms with Crippen LogP contribution in [0.3, 0.4) is 0 Å². The van der Waals surface area contributed by atoms with Crippen molar-refractivity contribution in [2.75, 3.05) is 12.3 Å². The Morgan fingerprint density at radius 2 is 1.77 bits per heavy atom. The molecule has 4 saturated carbocycles. The number of carbonyl (C=O) groups excluding carboxylic acids is 2. The lowest BCUT2D eigenvalue weighted by Crippen LogP contribution is -2.60. The smallest absolute Gasteiger partial charge is 0.306 e. The molecule has 0 radical (unpaired) electrons. The summed E-state index contributed by atoms with van der Waals surface area (Å²) in [5, 5.41) is 7.38. The molecule has 2 aromatic rings. The first kappa shape index (κ1) is 20.2. The number of aromatic nitrogens is 4. The SMILES string of the molecule is Cc1nc2nc(N)nn2c(C)c1CCC(=O)OCC(=O)NC12CC3CC(CC(C3)C1)C2. The number of esters is 1. The van der Waals surface area contributed by atoms with Gasteiger partial charge in [0, 0.05) is 23.3 Å². The van der Waals surface area contributed by atoms with E-state index in [1.807, 2.05) is 13.8 Å². The van der Waals surface area contributed by atoms with Crippen LogP contribution < -0.4 is 11.1 Å². The summed E-state index contributed by atoms with van der Waals surface area (Å²) in [7, 11) is 0. The number of ether oxygens (including phenoxy) is 1. The monoisotopic (exact) mass is 426 g/mol. The van der Waals surface area contributed by atoms with Gasteiger partial charge in [-0.05, 0) is 82.1 Å². The predicted octanol–water partition coefficient (Wildman–Crippen LogP) is 1.88. The largest absolute Gasteiger partial charge is 0.456 e. The second kappa shape index (κ2) is 7.46. The van der Waals surface area contributed by atoms with E-state index in [9.17, 15) is 9.59 Å². The van der Waals surface area contributed by atoms with Crippen molar-refractivity contribution in [2.24, 2.45) is 17.8 Å². The summed E-state index contributed by atoms with van der Waals surface area (Å²) in [5.41, 5.74) is 8.14. The number of hydrogen-bond acceptors (Lipinski definition) is 7. The summed E-state index contributed by atoms with van der Waals surface area (Å²) in [6, 6.07) is 0. The molecule has 0 aromatic carbocycles. The minimum Gasteiger partial charge on any atom is -0.456 e. The Kier molecular flexibility index (Phi) is 4.86. The van der Waals surface area contributed by atoms with Crippen LogP contribution in [-0.2, 0) is 20.7 Å². The van der Waals surface area contributed by atoms with Crippen LogP contribution >= 0.6 is 0 Å². The van der Waals surface area contributed by atoms with Crippen molar-refractivity contribution >= 4 is 23.6 Å². The molecule has 0 aliphatic heterocycles. The fraction of sp³-hybridized carbons (Fsp3) is 0.682. The predicted molar refractivity (Wildman–Crippen MR) is 113 cm³/mol. The number of amides is 1. The third kappa shape index (κ3) is 3.85. The van der Waals surface area contributed by atoms with E-state index in [0.717, 1.165) is 54.0 Å².